The Morgan fingerprint density at radius 3 is 2.55 bits per heavy atom. The molecule has 1 amide bonds. The van der Waals surface area contributed by atoms with E-state index in [1.54, 1.807) is 0 Å². The van der Waals surface area contributed by atoms with Crippen molar-refractivity contribution in [1.82, 2.24) is 9.88 Å². The second-order valence-corrected chi connectivity index (χ2v) is 8.88. The summed E-state index contributed by atoms with van der Waals surface area (Å²) in [6.45, 7) is 0.788. The molecule has 0 saturated carbocycles. The summed E-state index contributed by atoms with van der Waals surface area (Å²) in [5, 5.41) is 1.31. The number of aromatic amines is 1. The summed E-state index contributed by atoms with van der Waals surface area (Å²) in [4.78, 5) is 19.7. The van der Waals surface area contributed by atoms with Gasteiger partial charge in [0.1, 0.15) is 0 Å². The molecule has 7 rings (SSSR count). The lowest BCUT2D eigenvalue weighted by atomic mass is 9.74. The van der Waals surface area contributed by atoms with Crippen molar-refractivity contribution >= 4 is 22.4 Å². The molecule has 3 nitrogen and oxygen atoms in total. The predicted molar refractivity (Wildman–Crippen MR) is 123 cm³/mol. The molecule has 1 aliphatic carbocycles. The van der Waals surface area contributed by atoms with Gasteiger partial charge < -0.3 is 9.88 Å². The van der Waals surface area contributed by atoms with Gasteiger partial charge in [0.2, 0.25) is 0 Å². The van der Waals surface area contributed by atoms with Gasteiger partial charge in [-0.05, 0) is 46.7 Å². The molecule has 3 aliphatic rings. The Hall–Kier alpha value is -3.59. The Labute approximate surface area is 181 Å². The molecule has 1 aromatic heterocycles. The van der Waals surface area contributed by atoms with E-state index in [-0.39, 0.29) is 17.9 Å². The molecule has 1 saturated heterocycles. The maximum atomic E-state index is 13.8. The van der Waals surface area contributed by atoms with Crippen molar-refractivity contribution in [3.8, 4) is 0 Å². The minimum absolute atomic E-state index is 0.0886. The summed E-state index contributed by atoms with van der Waals surface area (Å²) in [5.41, 5.74) is 9.64. The number of benzene rings is 3. The normalized spacial score (nSPS) is 21.7. The van der Waals surface area contributed by atoms with E-state index in [0.29, 0.717) is 0 Å². The Kier molecular flexibility index (Phi) is 3.43. The van der Waals surface area contributed by atoms with E-state index in [2.05, 4.69) is 82.7 Å². The SMILES string of the molecule is O=C1C2=C(c3ccccc3)c3ccccc3C[C@H]2[C@@H]2c3[nH]c4ccccc4c3CCN12. The molecule has 3 heterocycles. The van der Waals surface area contributed by atoms with Crippen LogP contribution in [0.25, 0.3) is 16.5 Å². The average molecular weight is 402 g/mol. The number of para-hydroxylation sites is 1. The fraction of sp³-hybridized carbons (Fsp3) is 0.179. The second-order valence-electron chi connectivity index (χ2n) is 8.88. The standard InChI is InChI=1S/C28H22N2O/c31-28-25-22(16-18-10-4-5-11-19(18)24(25)17-8-2-1-3-9-17)27-26-21(14-15-30(27)28)20-12-6-7-13-23(20)29-26/h1-13,22,27,29H,14-16H2/t22-,27-/m1/s1. The van der Waals surface area contributed by atoms with Crippen molar-refractivity contribution in [3.05, 3.63) is 112 Å². The lowest BCUT2D eigenvalue weighted by Crippen LogP contribution is -2.35. The van der Waals surface area contributed by atoms with Gasteiger partial charge >= 0.3 is 0 Å². The molecular formula is C28H22N2O. The van der Waals surface area contributed by atoms with E-state index in [0.717, 1.165) is 36.1 Å². The van der Waals surface area contributed by atoms with Gasteiger partial charge in [-0.2, -0.15) is 0 Å². The minimum atomic E-state index is 0.0886. The highest BCUT2D eigenvalue weighted by molar-refractivity contribution is 6.08. The van der Waals surface area contributed by atoms with Crippen LogP contribution in [-0.4, -0.2) is 22.3 Å². The molecule has 31 heavy (non-hydrogen) atoms. The number of H-pyrrole nitrogens is 1. The zero-order chi connectivity index (χ0) is 20.5. The molecule has 3 heteroatoms. The van der Waals surface area contributed by atoms with Crippen molar-refractivity contribution in [2.45, 2.75) is 18.9 Å². The van der Waals surface area contributed by atoms with Crippen LogP contribution in [0.15, 0.2) is 84.4 Å². The van der Waals surface area contributed by atoms with Gasteiger partial charge in [-0.15, -0.1) is 0 Å². The average Bonchev–Trinajstić information content (AvgIpc) is 3.34. The Morgan fingerprint density at radius 1 is 0.871 bits per heavy atom. The number of hydrogen-bond acceptors (Lipinski definition) is 1. The van der Waals surface area contributed by atoms with Crippen LogP contribution in [0.1, 0.15) is 34.0 Å². The van der Waals surface area contributed by atoms with Gasteiger partial charge in [0.15, 0.2) is 0 Å². The zero-order valence-electron chi connectivity index (χ0n) is 17.1. The molecule has 2 atom stereocenters. The van der Waals surface area contributed by atoms with Crippen LogP contribution in [0.2, 0.25) is 0 Å². The Morgan fingerprint density at radius 2 is 1.65 bits per heavy atom. The van der Waals surface area contributed by atoms with Crippen molar-refractivity contribution in [2.75, 3.05) is 6.54 Å². The van der Waals surface area contributed by atoms with Crippen LogP contribution in [-0.2, 0) is 17.6 Å². The van der Waals surface area contributed by atoms with E-state index >= 15 is 0 Å². The maximum absolute atomic E-state index is 13.8. The van der Waals surface area contributed by atoms with Crippen LogP contribution < -0.4 is 0 Å². The summed E-state index contributed by atoms with van der Waals surface area (Å²) in [6, 6.07) is 27.7. The van der Waals surface area contributed by atoms with Crippen LogP contribution in [0.3, 0.4) is 0 Å². The van der Waals surface area contributed by atoms with Crippen LogP contribution in [0.4, 0.5) is 0 Å². The van der Waals surface area contributed by atoms with Crippen molar-refractivity contribution in [3.63, 3.8) is 0 Å². The van der Waals surface area contributed by atoms with Gasteiger partial charge in [0.25, 0.3) is 5.91 Å². The zero-order valence-corrected chi connectivity index (χ0v) is 17.1. The molecule has 0 bridgehead atoms. The molecule has 3 aromatic carbocycles. The number of carbonyl (C=O) groups is 1. The molecule has 4 aromatic rings. The van der Waals surface area contributed by atoms with Gasteiger partial charge in [-0.3, -0.25) is 4.79 Å². The molecule has 2 aliphatic heterocycles. The quantitative estimate of drug-likeness (QED) is 0.462. The highest BCUT2D eigenvalue weighted by Gasteiger charge is 2.51. The lowest BCUT2D eigenvalue weighted by Gasteiger charge is -2.33. The highest BCUT2D eigenvalue weighted by atomic mass is 16.2. The summed E-state index contributed by atoms with van der Waals surface area (Å²) < 4.78 is 0. The summed E-state index contributed by atoms with van der Waals surface area (Å²) in [5.74, 6) is 0.386. The largest absolute Gasteiger partial charge is 0.356 e. The molecule has 1 N–H and O–H groups in total. The second kappa shape index (κ2) is 6.21. The van der Waals surface area contributed by atoms with Crippen molar-refractivity contribution in [1.29, 1.82) is 0 Å². The molecular weight excluding hydrogens is 380 g/mol. The van der Waals surface area contributed by atoms with Crippen molar-refractivity contribution in [2.24, 2.45) is 5.92 Å². The number of nitrogens with zero attached hydrogens (tertiary/aromatic N) is 1. The van der Waals surface area contributed by atoms with Gasteiger partial charge in [-0.1, -0.05) is 72.8 Å². The van der Waals surface area contributed by atoms with E-state index in [4.69, 9.17) is 0 Å². The maximum Gasteiger partial charge on any atom is 0.251 e. The fourth-order valence-corrected chi connectivity index (χ4v) is 6.13. The van der Waals surface area contributed by atoms with E-state index in [1.807, 2.05) is 6.07 Å². The topological polar surface area (TPSA) is 36.1 Å². The van der Waals surface area contributed by atoms with Gasteiger partial charge in [-0.25, -0.2) is 0 Å². The first-order chi connectivity index (χ1) is 15.3. The smallest absolute Gasteiger partial charge is 0.251 e. The van der Waals surface area contributed by atoms with Gasteiger partial charge in [0.05, 0.1) is 6.04 Å². The first-order valence-corrected chi connectivity index (χ1v) is 11.1. The highest BCUT2D eigenvalue weighted by Crippen LogP contribution is 2.53. The molecule has 0 spiro atoms. The number of carbonyl (C=O) groups excluding carboxylic acids is 1. The number of aromatic nitrogens is 1. The summed E-state index contributed by atoms with van der Waals surface area (Å²) >= 11 is 0. The summed E-state index contributed by atoms with van der Waals surface area (Å²) in [7, 11) is 0. The number of amides is 1. The Bertz CT molecular complexity index is 1400. The molecule has 0 unspecified atom stereocenters. The molecule has 1 fully saturated rings. The van der Waals surface area contributed by atoms with Crippen LogP contribution in [0, 0.1) is 5.92 Å². The number of hydrogen-bond donors (Lipinski definition) is 1. The van der Waals surface area contributed by atoms with E-state index < -0.39 is 0 Å². The van der Waals surface area contributed by atoms with Crippen molar-refractivity contribution < 1.29 is 4.79 Å². The number of rotatable bonds is 1. The third-order valence-corrected chi connectivity index (χ3v) is 7.38. The third kappa shape index (κ3) is 2.26. The van der Waals surface area contributed by atoms with Crippen LogP contribution in [0.5, 0.6) is 0 Å². The van der Waals surface area contributed by atoms with Crippen LogP contribution >= 0.6 is 0 Å². The number of fused-ring (bicyclic) bond motifs is 8. The predicted octanol–water partition coefficient (Wildman–Crippen LogP) is 5.28. The first-order valence-electron chi connectivity index (χ1n) is 11.1. The third-order valence-electron chi connectivity index (χ3n) is 7.38. The number of nitrogens with one attached hydrogen (secondary N) is 1. The van der Waals surface area contributed by atoms with E-state index in [9.17, 15) is 4.79 Å². The minimum Gasteiger partial charge on any atom is -0.356 e. The lowest BCUT2D eigenvalue weighted by molar-refractivity contribution is -0.126. The fourth-order valence-electron chi connectivity index (χ4n) is 6.13. The summed E-state index contributed by atoms with van der Waals surface area (Å²) in [6.07, 6.45) is 1.82. The first kappa shape index (κ1) is 17.1. The monoisotopic (exact) mass is 402 g/mol. The van der Waals surface area contributed by atoms with E-state index in [1.165, 1.54) is 33.3 Å². The van der Waals surface area contributed by atoms with Gasteiger partial charge in [0, 0.05) is 34.6 Å². The molecule has 0 radical (unpaired) electrons. The molecule has 150 valence electrons. The Balaban J connectivity index is 1.50.